The molecule has 6 aromatic heterocycles. The maximum atomic E-state index is 10.2. The van der Waals surface area contributed by atoms with Gasteiger partial charge in [-0.15, -0.1) is 0 Å². The van der Waals surface area contributed by atoms with Crippen molar-refractivity contribution in [3.8, 4) is 34.1 Å². The van der Waals surface area contributed by atoms with E-state index in [1.807, 2.05) is 103 Å². The smallest absolute Gasteiger partial charge is 0.457 e. The van der Waals surface area contributed by atoms with Crippen LogP contribution in [0.15, 0.2) is 103 Å². The van der Waals surface area contributed by atoms with E-state index >= 15 is 0 Å². The fourth-order valence-corrected chi connectivity index (χ4v) is 10.7. The average molecular weight is 1050 g/mol. The van der Waals surface area contributed by atoms with Gasteiger partial charge in [0.1, 0.15) is 23.0 Å². The van der Waals surface area contributed by atoms with Gasteiger partial charge < -0.3 is 39.6 Å². The molecule has 0 spiro atoms. The first-order valence-corrected chi connectivity index (χ1v) is 26.0. The molecule has 2 saturated carbocycles. The second kappa shape index (κ2) is 21.5. The number of hydrogen-bond donors (Lipinski definition) is 4. The van der Waals surface area contributed by atoms with Gasteiger partial charge in [0.05, 0.1) is 66.6 Å². The third-order valence-electron chi connectivity index (χ3n) is 13.0. The van der Waals surface area contributed by atoms with Gasteiger partial charge in [0.25, 0.3) is 0 Å². The minimum atomic E-state index is -0.303. The van der Waals surface area contributed by atoms with Crippen LogP contribution in [0.3, 0.4) is 0 Å². The van der Waals surface area contributed by atoms with E-state index in [2.05, 4.69) is 56.7 Å². The Balaban J connectivity index is 0.000000138. The Hall–Kier alpha value is -5.48. The van der Waals surface area contributed by atoms with Crippen LogP contribution in [0, 0.1) is 0 Å². The highest BCUT2D eigenvalue weighted by Gasteiger charge is 2.52. The number of benzene rings is 2. The number of ether oxygens (including phenoxy) is 2. The number of aryl methyl sites for hydroxylation is 2. The van der Waals surface area contributed by atoms with Gasteiger partial charge in [-0.25, -0.2) is 9.97 Å². The van der Waals surface area contributed by atoms with E-state index in [0.717, 1.165) is 126 Å². The van der Waals surface area contributed by atoms with Crippen molar-refractivity contribution >= 4 is 81.9 Å². The fourth-order valence-electron chi connectivity index (χ4n) is 8.42. The number of rotatable bonds is 10. The quantitative estimate of drug-likeness (QED) is 0.0947. The molecule has 3 aliphatic rings. The first-order chi connectivity index (χ1) is 33.7. The SMILES string of the molecule is Cn1cc(-c2cnccc2Oc2ccc3nc(N[C@@H]4CCCC[C@H]4O)sc3c2)cn1.Cn1cc(B2OC(C)(C)C(C)(C)O2)cn1.O[C@@H]1CCCC[C@H]1Nc1nc2ccc(Oc3ccncc3Br)cc2s1. The van der Waals surface area contributed by atoms with Crippen LogP contribution in [0.1, 0.15) is 79.1 Å². The number of thiazole rings is 2. The van der Waals surface area contributed by atoms with Crippen LogP contribution in [0.4, 0.5) is 10.3 Å². The van der Waals surface area contributed by atoms with Gasteiger partial charge in [-0.1, -0.05) is 48.4 Å². The summed E-state index contributed by atoms with van der Waals surface area (Å²) >= 11 is 6.60. The number of anilines is 2. The van der Waals surface area contributed by atoms with Crippen molar-refractivity contribution in [1.29, 1.82) is 0 Å². The number of aliphatic hydroxyl groups excluding tert-OH is 2. The lowest BCUT2D eigenvalue weighted by Gasteiger charge is -2.32. The van der Waals surface area contributed by atoms with Gasteiger partial charge in [-0.2, -0.15) is 10.2 Å². The van der Waals surface area contributed by atoms with Gasteiger partial charge in [0.15, 0.2) is 10.3 Å². The largest absolute Gasteiger partial charge is 0.498 e. The Bertz CT molecular complexity index is 3020. The van der Waals surface area contributed by atoms with Gasteiger partial charge >= 0.3 is 7.12 Å². The highest BCUT2D eigenvalue weighted by molar-refractivity contribution is 9.10. The van der Waals surface area contributed by atoms with E-state index in [9.17, 15) is 10.2 Å². The molecular weight excluding hydrogens is 991 g/mol. The lowest BCUT2D eigenvalue weighted by Crippen LogP contribution is -2.41. The predicted molar refractivity (Wildman–Crippen MR) is 280 cm³/mol. The summed E-state index contributed by atoms with van der Waals surface area (Å²) < 4.78 is 30.3. The topological polar surface area (TPSA) is 189 Å². The van der Waals surface area contributed by atoms with Crippen LogP contribution in [0.2, 0.25) is 0 Å². The number of aliphatic hydroxyl groups is 2. The van der Waals surface area contributed by atoms with Crippen LogP contribution in [0.5, 0.6) is 23.0 Å². The number of fused-ring (bicyclic) bond motifs is 2. The summed E-state index contributed by atoms with van der Waals surface area (Å²) in [7, 11) is 3.47. The molecule has 7 heterocycles. The molecule has 1 saturated heterocycles. The molecule has 0 radical (unpaired) electrons. The minimum absolute atomic E-state index is 0.0777. The van der Waals surface area contributed by atoms with Crippen molar-refractivity contribution in [1.82, 2.24) is 39.5 Å². The van der Waals surface area contributed by atoms with Crippen molar-refractivity contribution in [2.24, 2.45) is 14.1 Å². The summed E-state index contributed by atoms with van der Waals surface area (Å²) in [5.41, 5.74) is 4.10. The molecule has 16 nitrogen and oxygen atoms in total. The summed E-state index contributed by atoms with van der Waals surface area (Å²) in [6.45, 7) is 8.18. The average Bonchev–Trinajstić information content (AvgIpc) is 4.18. The van der Waals surface area contributed by atoms with E-state index in [0.29, 0.717) is 0 Å². The molecule has 3 fully saturated rings. The van der Waals surface area contributed by atoms with E-state index in [1.165, 1.54) is 0 Å². The zero-order valence-electron chi connectivity index (χ0n) is 40.1. The Morgan fingerprint density at radius 2 is 1.19 bits per heavy atom. The molecular formula is C50H58BBrN10O6S2. The van der Waals surface area contributed by atoms with Gasteiger partial charge in [0, 0.05) is 92.3 Å². The molecule has 4 N–H and O–H groups in total. The fraction of sp³-hybridized carbons (Fsp3) is 0.400. The Morgan fingerprint density at radius 3 is 1.70 bits per heavy atom. The first-order valence-electron chi connectivity index (χ1n) is 23.6. The third kappa shape index (κ3) is 11.8. The normalized spacial score (nSPS) is 20.6. The molecule has 2 aromatic carbocycles. The molecule has 8 aromatic rings. The highest BCUT2D eigenvalue weighted by Crippen LogP contribution is 2.39. The Kier molecular flexibility index (Phi) is 15.2. The molecule has 11 rings (SSSR count). The number of pyridine rings is 2. The predicted octanol–water partition coefficient (Wildman–Crippen LogP) is 10.3. The summed E-state index contributed by atoms with van der Waals surface area (Å²) in [6, 6.07) is 15.6. The number of halogens is 1. The molecule has 4 atom stereocenters. The zero-order chi connectivity index (χ0) is 49.0. The number of nitrogens with zero attached hydrogens (tertiary/aromatic N) is 8. The van der Waals surface area contributed by atoms with Crippen molar-refractivity contribution < 1.29 is 29.0 Å². The lowest BCUT2D eigenvalue weighted by atomic mass is 9.82. The molecule has 0 unspecified atom stereocenters. The molecule has 20 heteroatoms. The standard InChI is InChI=1S/C22H23N5O2S.C18H18BrN3O2S.C10H17BN2O2/c1-27-13-14(11-24-27)16-12-23-9-8-20(16)29-15-6-7-18-21(10-15)30-22(26-18)25-17-4-2-3-5-19(17)28;19-12-10-20-8-7-16(12)24-11-5-6-14-17(9-11)25-18(22-14)21-13-3-1-2-4-15(13)23;1-9(2)10(3,4)15-11(14-9)8-6-12-13(5)7-8/h6-13,17,19,28H,2-5H2,1H3,(H,25,26);5-10,13,15,23H,1-4H2,(H,21,22);6-7H,1-5H3/t17-,19-;13-,15-;/m11./s1. The van der Waals surface area contributed by atoms with Gasteiger partial charge in [0.2, 0.25) is 0 Å². The van der Waals surface area contributed by atoms with Gasteiger partial charge in [-0.3, -0.25) is 19.3 Å². The number of nitrogens with one attached hydrogen (secondary N) is 2. The van der Waals surface area contributed by atoms with Crippen molar-refractivity contribution in [2.75, 3.05) is 10.6 Å². The monoisotopic (exact) mass is 1050 g/mol. The van der Waals surface area contributed by atoms with Crippen LogP contribution in [0.25, 0.3) is 31.6 Å². The molecule has 0 amide bonds. The Labute approximate surface area is 424 Å². The summed E-state index contributed by atoms with van der Waals surface area (Å²) in [5, 5.41) is 37.2. The minimum Gasteiger partial charge on any atom is -0.457 e. The Morgan fingerprint density at radius 1 is 0.671 bits per heavy atom. The van der Waals surface area contributed by atoms with Crippen molar-refractivity contribution in [3.05, 3.63) is 103 Å². The van der Waals surface area contributed by atoms with E-state index in [1.54, 1.807) is 69.2 Å². The third-order valence-corrected chi connectivity index (χ3v) is 15.5. The van der Waals surface area contributed by atoms with Crippen LogP contribution in [-0.4, -0.2) is 92.3 Å². The van der Waals surface area contributed by atoms with E-state index < -0.39 is 0 Å². The van der Waals surface area contributed by atoms with Crippen molar-refractivity contribution in [2.45, 2.75) is 115 Å². The first kappa shape index (κ1) is 49.5. The van der Waals surface area contributed by atoms with E-state index in [-0.39, 0.29) is 42.6 Å². The summed E-state index contributed by atoms with van der Waals surface area (Å²) in [5.74, 6) is 2.95. The summed E-state index contributed by atoms with van der Waals surface area (Å²) in [4.78, 5) is 17.6. The zero-order valence-corrected chi connectivity index (χ0v) is 43.3. The summed E-state index contributed by atoms with van der Waals surface area (Å²) in [6.07, 6.45) is 21.9. The van der Waals surface area contributed by atoms with Crippen LogP contribution in [-0.2, 0) is 23.4 Å². The van der Waals surface area contributed by atoms with Crippen LogP contribution >= 0.6 is 38.6 Å². The van der Waals surface area contributed by atoms with Crippen LogP contribution < -0.4 is 25.6 Å². The number of hydrogen-bond acceptors (Lipinski definition) is 16. The molecule has 1 aliphatic heterocycles. The molecule has 70 heavy (non-hydrogen) atoms. The van der Waals surface area contributed by atoms with Gasteiger partial charge in [-0.05, 0) is 99.6 Å². The second-order valence-electron chi connectivity index (χ2n) is 18.8. The molecule has 2 aliphatic carbocycles. The number of aromatic nitrogens is 8. The lowest BCUT2D eigenvalue weighted by molar-refractivity contribution is 0.00578. The second-order valence-corrected chi connectivity index (χ2v) is 21.7. The highest BCUT2D eigenvalue weighted by atomic mass is 79.9. The molecule has 0 bridgehead atoms. The maximum absolute atomic E-state index is 10.2. The molecule has 366 valence electrons. The van der Waals surface area contributed by atoms with E-state index in [4.69, 9.17) is 18.8 Å². The van der Waals surface area contributed by atoms with Crippen molar-refractivity contribution in [3.63, 3.8) is 0 Å². The maximum Gasteiger partial charge on any atom is 0.498 e.